The fourth-order valence-corrected chi connectivity index (χ4v) is 3.91. The second-order valence-electron chi connectivity index (χ2n) is 6.43. The van der Waals surface area contributed by atoms with Gasteiger partial charge in [0.25, 0.3) is 0 Å². The van der Waals surface area contributed by atoms with Crippen LogP contribution in [0.5, 0.6) is 0 Å². The van der Waals surface area contributed by atoms with Crippen LogP contribution in [-0.2, 0) is 4.79 Å². The van der Waals surface area contributed by atoms with E-state index in [-0.39, 0.29) is 5.41 Å². The lowest BCUT2D eigenvalue weighted by molar-refractivity contribution is -0.153. The lowest BCUT2D eigenvalue weighted by Crippen LogP contribution is -2.57. The molecule has 3 heteroatoms. The number of nitrogens with two attached hydrogens (primary N) is 1. The van der Waals surface area contributed by atoms with E-state index in [0.717, 1.165) is 25.8 Å². The maximum atomic E-state index is 12.8. The summed E-state index contributed by atoms with van der Waals surface area (Å²) in [7, 11) is 0. The van der Waals surface area contributed by atoms with Gasteiger partial charge in [-0.15, -0.1) is 0 Å². The molecule has 2 aliphatic rings. The minimum atomic E-state index is -0.206. The van der Waals surface area contributed by atoms with E-state index in [2.05, 4.69) is 18.7 Å². The van der Waals surface area contributed by atoms with Crippen LogP contribution >= 0.6 is 0 Å². The van der Waals surface area contributed by atoms with Gasteiger partial charge in [0.1, 0.15) is 0 Å². The van der Waals surface area contributed by atoms with Crippen molar-refractivity contribution in [2.45, 2.75) is 64.8 Å². The highest BCUT2D eigenvalue weighted by atomic mass is 16.2. The Bertz CT molecular complexity index is 295. The minimum absolute atomic E-state index is 0.206. The number of nitrogens with zero attached hydrogens (tertiary/aromatic N) is 1. The Morgan fingerprint density at radius 1 is 1.39 bits per heavy atom. The molecule has 1 saturated carbocycles. The average Bonchev–Trinajstić information content (AvgIpc) is 2.35. The molecule has 0 aromatic carbocycles. The molecule has 0 aromatic heterocycles. The molecule has 0 aromatic rings. The average molecular weight is 252 g/mol. The molecule has 1 unspecified atom stereocenters. The van der Waals surface area contributed by atoms with Crippen LogP contribution in [-0.4, -0.2) is 29.9 Å². The SMILES string of the molecule is CCCC1CCCCN1C(=O)C1(CN)CC(C)C1. The van der Waals surface area contributed by atoms with Crippen LogP contribution in [0.2, 0.25) is 0 Å². The number of hydrogen-bond donors (Lipinski definition) is 1. The first-order valence-electron chi connectivity index (χ1n) is 7.64. The summed E-state index contributed by atoms with van der Waals surface area (Å²) < 4.78 is 0. The van der Waals surface area contributed by atoms with Crippen molar-refractivity contribution in [1.29, 1.82) is 0 Å². The molecule has 1 saturated heterocycles. The summed E-state index contributed by atoms with van der Waals surface area (Å²) in [6, 6.07) is 0.482. The number of carbonyl (C=O) groups is 1. The zero-order chi connectivity index (χ0) is 13.2. The fourth-order valence-electron chi connectivity index (χ4n) is 3.91. The first-order chi connectivity index (χ1) is 8.63. The number of amides is 1. The molecule has 0 spiro atoms. The summed E-state index contributed by atoms with van der Waals surface area (Å²) in [6.45, 7) is 5.92. The molecule has 0 bridgehead atoms. The predicted molar refractivity (Wildman–Crippen MR) is 74.1 cm³/mol. The van der Waals surface area contributed by atoms with Crippen molar-refractivity contribution in [2.24, 2.45) is 17.1 Å². The Hall–Kier alpha value is -0.570. The lowest BCUT2D eigenvalue weighted by Gasteiger charge is -2.49. The van der Waals surface area contributed by atoms with Crippen LogP contribution in [0, 0.1) is 11.3 Å². The number of hydrogen-bond acceptors (Lipinski definition) is 2. The summed E-state index contributed by atoms with van der Waals surface area (Å²) in [5.41, 5.74) is 5.70. The normalized spacial score (nSPS) is 36.3. The smallest absolute Gasteiger partial charge is 0.230 e. The van der Waals surface area contributed by atoms with E-state index in [1.165, 1.54) is 25.7 Å². The zero-order valence-corrected chi connectivity index (χ0v) is 12.0. The summed E-state index contributed by atoms with van der Waals surface area (Å²) in [6.07, 6.45) is 7.95. The van der Waals surface area contributed by atoms with Crippen LogP contribution in [0.3, 0.4) is 0 Å². The molecule has 0 radical (unpaired) electrons. The molecule has 3 nitrogen and oxygen atoms in total. The molecule has 1 aliphatic carbocycles. The quantitative estimate of drug-likeness (QED) is 0.835. The van der Waals surface area contributed by atoms with E-state index in [9.17, 15) is 4.79 Å². The first kappa shape index (κ1) is 13.9. The van der Waals surface area contributed by atoms with Gasteiger partial charge in [-0.25, -0.2) is 0 Å². The van der Waals surface area contributed by atoms with Crippen molar-refractivity contribution in [3.8, 4) is 0 Å². The summed E-state index contributed by atoms with van der Waals surface area (Å²) >= 11 is 0. The Labute approximate surface area is 111 Å². The highest BCUT2D eigenvalue weighted by Gasteiger charge is 2.50. The standard InChI is InChI=1S/C15H28N2O/c1-3-6-13-7-4-5-8-17(13)14(18)15(11-16)9-12(2)10-15/h12-13H,3-11,16H2,1-2H3. The molecule has 2 N–H and O–H groups in total. The maximum absolute atomic E-state index is 12.8. The van der Waals surface area contributed by atoms with Gasteiger partial charge >= 0.3 is 0 Å². The first-order valence-corrected chi connectivity index (χ1v) is 7.64. The summed E-state index contributed by atoms with van der Waals surface area (Å²) in [4.78, 5) is 15.0. The van der Waals surface area contributed by atoms with Gasteiger partial charge < -0.3 is 10.6 Å². The molecular formula is C15H28N2O. The zero-order valence-electron chi connectivity index (χ0n) is 12.0. The van der Waals surface area contributed by atoms with E-state index < -0.39 is 0 Å². The lowest BCUT2D eigenvalue weighted by atomic mass is 9.61. The number of rotatable bonds is 4. The van der Waals surface area contributed by atoms with Crippen molar-refractivity contribution in [1.82, 2.24) is 4.90 Å². The monoisotopic (exact) mass is 252 g/mol. The Morgan fingerprint density at radius 3 is 2.67 bits per heavy atom. The van der Waals surface area contributed by atoms with E-state index in [1.807, 2.05) is 0 Å². The van der Waals surface area contributed by atoms with Gasteiger partial charge in [-0.1, -0.05) is 20.3 Å². The maximum Gasteiger partial charge on any atom is 0.230 e. The van der Waals surface area contributed by atoms with Gasteiger partial charge in [0.2, 0.25) is 5.91 Å². The third-order valence-electron chi connectivity index (χ3n) is 4.83. The molecule has 18 heavy (non-hydrogen) atoms. The van der Waals surface area contributed by atoms with Crippen LogP contribution in [0.15, 0.2) is 0 Å². The van der Waals surface area contributed by atoms with Gasteiger partial charge in [-0.05, 0) is 44.4 Å². The van der Waals surface area contributed by atoms with E-state index >= 15 is 0 Å². The van der Waals surface area contributed by atoms with Gasteiger partial charge in [-0.3, -0.25) is 4.79 Å². The highest BCUT2D eigenvalue weighted by Crippen LogP contribution is 2.46. The van der Waals surface area contributed by atoms with Gasteiger partial charge in [0.15, 0.2) is 0 Å². The molecule has 2 rings (SSSR count). The fraction of sp³-hybridized carbons (Fsp3) is 0.933. The van der Waals surface area contributed by atoms with Gasteiger partial charge in [0, 0.05) is 19.1 Å². The number of piperidine rings is 1. The third kappa shape index (κ3) is 2.42. The van der Waals surface area contributed by atoms with Crippen molar-refractivity contribution in [3.63, 3.8) is 0 Å². The van der Waals surface area contributed by atoms with Crippen LogP contribution in [0.25, 0.3) is 0 Å². The predicted octanol–water partition coefficient (Wildman–Crippen LogP) is 2.54. The Balaban J connectivity index is 2.05. The highest BCUT2D eigenvalue weighted by molar-refractivity contribution is 5.84. The van der Waals surface area contributed by atoms with Crippen molar-refractivity contribution in [2.75, 3.05) is 13.1 Å². The van der Waals surface area contributed by atoms with Crippen LogP contribution < -0.4 is 5.73 Å². The van der Waals surface area contributed by atoms with E-state index in [4.69, 9.17) is 5.73 Å². The molecule has 2 fully saturated rings. The van der Waals surface area contributed by atoms with Crippen molar-refractivity contribution >= 4 is 5.91 Å². The van der Waals surface area contributed by atoms with Gasteiger partial charge in [0.05, 0.1) is 5.41 Å². The van der Waals surface area contributed by atoms with Crippen LogP contribution in [0.1, 0.15) is 58.8 Å². The van der Waals surface area contributed by atoms with Crippen LogP contribution in [0.4, 0.5) is 0 Å². The largest absolute Gasteiger partial charge is 0.339 e. The minimum Gasteiger partial charge on any atom is -0.339 e. The second-order valence-corrected chi connectivity index (χ2v) is 6.43. The summed E-state index contributed by atoms with van der Waals surface area (Å²) in [5.74, 6) is 1.04. The van der Waals surface area contributed by atoms with Gasteiger partial charge in [-0.2, -0.15) is 0 Å². The Kier molecular flexibility index (Phi) is 4.31. The van der Waals surface area contributed by atoms with E-state index in [1.54, 1.807) is 0 Å². The molecule has 1 heterocycles. The van der Waals surface area contributed by atoms with Crippen molar-refractivity contribution in [3.05, 3.63) is 0 Å². The molecule has 1 aliphatic heterocycles. The topological polar surface area (TPSA) is 46.3 Å². The molecular weight excluding hydrogens is 224 g/mol. The third-order valence-corrected chi connectivity index (χ3v) is 4.83. The molecule has 104 valence electrons. The van der Waals surface area contributed by atoms with Crippen molar-refractivity contribution < 1.29 is 4.79 Å². The number of likely N-dealkylation sites (tertiary alicyclic amines) is 1. The Morgan fingerprint density at radius 2 is 2.11 bits per heavy atom. The molecule has 1 atom stereocenters. The number of carbonyl (C=O) groups excluding carboxylic acids is 1. The summed E-state index contributed by atoms with van der Waals surface area (Å²) in [5, 5.41) is 0. The van der Waals surface area contributed by atoms with E-state index in [0.29, 0.717) is 24.4 Å². The second kappa shape index (κ2) is 5.60. The molecule has 1 amide bonds.